The lowest BCUT2D eigenvalue weighted by atomic mass is 9.97. The molecule has 0 heterocycles. The van der Waals surface area contributed by atoms with Gasteiger partial charge < -0.3 is 11.1 Å². The maximum absolute atomic E-state index is 13.6. The van der Waals surface area contributed by atoms with E-state index in [9.17, 15) is 8.78 Å². The van der Waals surface area contributed by atoms with E-state index in [1.165, 1.54) is 5.56 Å². The first-order chi connectivity index (χ1) is 11.1. The summed E-state index contributed by atoms with van der Waals surface area (Å²) in [7, 11) is 0. The fourth-order valence-corrected chi connectivity index (χ4v) is 2.62. The molecule has 1 fully saturated rings. The summed E-state index contributed by atoms with van der Waals surface area (Å²) in [5, 5.41) is 2.63. The molecule has 0 aromatic heterocycles. The summed E-state index contributed by atoms with van der Waals surface area (Å²) in [5.41, 5.74) is 7.23. The number of aliphatic imine (C=N–C) groups is 1. The Balaban J connectivity index is 1.62. The Bertz CT molecular complexity index is 709. The molecule has 5 heteroatoms. The van der Waals surface area contributed by atoms with Crippen molar-refractivity contribution in [3.8, 4) is 0 Å². The summed E-state index contributed by atoms with van der Waals surface area (Å²) in [6, 6.07) is 13.4. The van der Waals surface area contributed by atoms with Gasteiger partial charge in [-0.2, -0.15) is 0 Å². The summed E-state index contributed by atoms with van der Waals surface area (Å²) in [5.74, 6) is -0.978. The summed E-state index contributed by atoms with van der Waals surface area (Å²) in [6.07, 6.45) is 3.17. The van der Waals surface area contributed by atoms with Crippen LogP contribution in [0, 0.1) is 17.0 Å². The largest absolute Gasteiger partial charge is 0.370 e. The molecule has 1 aliphatic rings. The van der Waals surface area contributed by atoms with Crippen molar-refractivity contribution in [1.82, 2.24) is 0 Å². The van der Waals surface area contributed by atoms with E-state index in [-0.39, 0.29) is 17.1 Å². The predicted molar refractivity (Wildman–Crippen MR) is 88.3 cm³/mol. The number of halogens is 2. The lowest BCUT2D eigenvalue weighted by Gasteiger charge is -2.13. The highest BCUT2D eigenvalue weighted by atomic mass is 19.1. The second kappa shape index (κ2) is 6.36. The van der Waals surface area contributed by atoms with Crippen LogP contribution in [0.4, 0.5) is 14.5 Å². The number of rotatable bonds is 5. The molecule has 23 heavy (non-hydrogen) atoms. The minimum Gasteiger partial charge on any atom is -0.370 e. The molecule has 0 atom stereocenters. The van der Waals surface area contributed by atoms with Gasteiger partial charge >= 0.3 is 0 Å². The second-order valence-electron chi connectivity index (χ2n) is 6.11. The first-order valence-corrected chi connectivity index (χ1v) is 7.62. The Kier molecular flexibility index (Phi) is 4.28. The number of guanidine groups is 1. The van der Waals surface area contributed by atoms with E-state index in [1.807, 2.05) is 18.2 Å². The highest BCUT2D eigenvalue weighted by molar-refractivity contribution is 5.92. The SMILES string of the molecule is NC(=NCC1(Cc2ccccc2)CC1)Nc1cc(F)ccc1F. The molecule has 0 bridgehead atoms. The van der Waals surface area contributed by atoms with E-state index in [1.54, 1.807) is 0 Å². The number of benzene rings is 2. The molecule has 0 radical (unpaired) electrons. The van der Waals surface area contributed by atoms with Gasteiger partial charge in [-0.3, -0.25) is 4.99 Å². The Hall–Kier alpha value is -2.43. The van der Waals surface area contributed by atoms with Crippen molar-refractivity contribution >= 4 is 11.6 Å². The van der Waals surface area contributed by atoms with Gasteiger partial charge in [-0.1, -0.05) is 30.3 Å². The predicted octanol–water partition coefficient (Wildman–Crippen LogP) is 3.71. The van der Waals surface area contributed by atoms with Crippen LogP contribution in [0.1, 0.15) is 18.4 Å². The molecule has 3 N–H and O–H groups in total. The summed E-state index contributed by atoms with van der Waals surface area (Å²) in [6.45, 7) is 0.581. The lowest BCUT2D eigenvalue weighted by molar-refractivity contribution is 0.522. The number of nitrogens with two attached hydrogens (primary N) is 1. The number of hydrogen-bond donors (Lipinski definition) is 2. The number of hydrogen-bond acceptors (Lipinski definition) is 1. The molecule has 3 nitrogen and oxygen atoms in total. The van der Waals surface area contributed by atoms with Crippen LogP contribution in [0.25, 0.3) is 0 Å². The second-order valence-corrected chi connectivity index (χ2v) is 6.11. The quantitative estimate of drug-likeness (QED) is 0.653. The van der Waals surface area contributed by atoms with Gasteiger partial charge in [0.2, 0.25) is 0 Å². The summed E-state index contributed by atoms with van der Waals surface area (Å²) < 4.78 is 26.7. The van der Waals surface area contributed by atoms with Crippen LogP contribution >= 0.6 is 0 Å². The highest BCUT2D eigenvalue weighted by Crippen LogP contribution is 2.48. The zero-order valence-corrected chi connectivity index (χ0v) is 12.7. The molecular formula is C18H19F2N3. The van der Waals surface area contributed by atoms with Crippen molar-refractivity contribution in [1.29, 1.82) is 0 Å². The molecule has 1 aliphatic carbocycles. The molecular weight excluding hydrogens is 296 g/mol. The fourth-order valence-electron chi connectivity index (χ4n) is 2.62. The maximum atomic E-state index is 13.6. The van der Waals surface area contributed by atoms with Crippen LogP contribution in [-0.2, 0) is 6.42 Å². The van der Waals surface area contributed by atoms with E-state index in [0.717, 1.165) is 37.5 Å². The molecule has 0 amide bonds. The third-order valence-electron chi connectivity index (χ3n) is 4.16. The highest BCUT2D eigenvalue weighted by Gasteiger charge is 2.42. The van der Waals surface area contributed by atoms with Gasteiger partial charge in [0.25, 0.3) is 0 Å². The molecule has 0 saturated heterocycles. The van der Waals surface area contributed by atoms with Crippen molar-refractivity contribution in [2.24, 2.45) is 16.1 Å². The molecule has 2 aromatic carbocycles. The average Bonchev–Trinajstić information content (AvgIpc) is 3.30. The zero-order chi connectivity index (χ0) is 16.3. The van der Waals surface area contributed by atoms with Gasteiger partial charge in [0, 0.05) is 12.6 Å². The van der Waals surface area contributed by atoms with Crippen LogP contribution in [-0.4, -0.2) is 12.5 Å². The minimum absolute atomic E-state index is 0.000781. The number of anilines is 1. The normalized spacial score (nSPS) is 16.2. The van der Waals surface area contributed by atoms with E-state index in [4.69, 9.17) is 5.73 Å². The molecule has 120 valence electrons. The molecule has 2 aromatic rings. The number of nitrogens with zero attached hydrogens (tertiary/aromatic N) is 1. The standard InChI is InChI=1S/C18H19F2N3/c19-14-6-7-15(20)16(10-14)23-17(21)22-12-18(8-9-18)11-13-4-2-1-3-5-13/h1-7,10H,8-9,11-12H2,(H3,21,22,23). The van der Waals surface area contributed by atoms with Crippen molar-refractivity contribution in [2.75, 3.05) is 11.9 Å². The Labute approximate surface area is 134 Å². The number of nitrogens with one attached hydrogen (secondary N) is 1. The average molecular weight is 315 g/mol. The maximum Gasteiger partial charge on any atom is 0.193 e. The molecule has 0 spiro atoms. The van der Waals surface area contributed by atoms with Gasteiger partial charge in [-0.05, 0) is 42.4 Å². The summed E-state index contributed by atoms with van der Waals surface area (Å²) in [4.78, 5) is 4.31. The third kappa shape index (κ3) is 4.06. The van der Waals surface area contributed by atoms with Crippen molar-refractivity contribution < 1.29 is 8.78 Å². The molecule has 0 unspecified atom stereocenters. The first kappa shape index (κ1) is 15.5. The van der Waals surface area contributed by atoms with Crippen LogP contribution in [0.3, 0.4) is 0 Å². The summed E-state index contributed by atoms with van der Waals surface area (Å²) >= 11 is 0. The Morgan fingerprint density at radius 3 is 2.57 bits per heavy atom. The van der Waals surface area contributed by atoms with E-state index in [0.29, 0.717) is 6.54 Å². The topological polar surface area (TPSA) is 50.4 Å². The van der Waals surface area contributed by atoms with Gasteiger partial charge in [0.1, 0.15) is 11.6 Å². The van der Waals surface area contributed by atoms with Gasteiger partial charge in [0.15, 0.2) is 5.96 Å². The Morgan fingerprint density at radius 2 is 1.87 bits per heavy atom. The fraction of sp³-hybridized carbons (Fsp3) is 0.278. The van der Waals surface area contributed by atoms with Crippen LogP contribution in [0.2, 0.25) is 0 Å². The van der Waals surface area contributed by atoms with Gasteiger partial charge in [-0.25, -0.2) is 8.78 Å². The van der Waals surface area contributed by atoms with E-state index >= 15 is 0 Å². The van der Waals surface area contributed by atoms with Gasteiger partial charge in [-0.15, -0.1) is 0 Å². The van der Waals surface area contributed by atoms with Gasteiger partial charge in [0.05, 0.1) is 5.69 Å². The first-order valence-electron chi connectivity index (χ1n) is 7.62. The van der Waals surface area contributed by atoms with Crippen molar-refractivity contribution in [3.05, 3.63) is 65.7 Å². The smallest absolute Gasteiger partial charge is 0.193 e. The van der Waals surface area contributed by atoms with Crippen molar-refractivity contribution in [2.45, 2.75) is 19.3 Å². The Morgan fingerprint density at radius 1 is 1.13 bits per heavy atom. The zero-order valence-electron chi connectivity index (χ0n) is 12.7. The van der Waals surface area contributed by atoms with Crippen LogP contribution < -0.4 is 11.1 Å². The lowest BCUT2D eigenvalue weighted by Crippen LogP contribution is -2.25. The molecule has 3 rings (SSSR count). The van der Waals surface area contributed by atoms with Crippen molar-refractivity contribution in [3.63, 3.8) is 0 Å². The molecule has 1 saturated carbocycles. The van der Waals surface area contributed by atoms with Crippen LogP contribution in [0.15, 0.2) is 53.5 Å². The van der Waals surface area contributed by atoms with E-state index < -0.39 is 11.6 Å². The monoisotopic (exact) mass is 315 g/mol. The third-order valence-corrected chi connectivity index (χ3v) is 4.16. The molecule has 0 aliphatic heterocycles. The minimum atomic E-state index is -0.560. The van der Waals surface area contributed by atoms with E-state index in [2.05, 4.69) is 22.4 Å². The van der Waals surface area contributed by atoms with Crippen LogP contribution in [0.5, 0.6) is 0 Å².